The maximum atomic E-state index is 13.5. The van der Waals surface area contributed by atoms with E-state index in [1.54, 1.807) is 9.80 Å². The van der Waals surface area contributed by atoms with Crippen LogP contribution >= 0.6 is 0 Å². The zero-order chi connectivity index (χ0) is 37.2. The van der Waals surface area contributed by atoms with E-state index in [0.29, 0.717) is 19.5 Å². The van der Waals surface area contributed by atoms with Crippen LogP contribution in [0.1, 0.15) is 207 Å². The van der Waals surface area contributed by atoms with Crippen molar-refractivity contribution in [3.05, 3.63) is 0 Å². The number of amides is 1. The summed E-state index contributed by atoms with van der Waals surface area (Å²) in [6.45, 7) is 13.5. The number of esters is 2. The molecule has 1 rings (SSSR count). The molecule has 0 bridgehead atoms. The average Bonchev–Trinajstić information content (AvgIpc) is 3.65. The van der Waals surface area contributed by atoms with E-state index < -0.39 is 0 Å². The molecule has 7 heteroatoms. The zero-order valence-corrected chi connectivity index (χ0v) is 34.4. The number of nitrogens with zero attached hydrogens (tertiary/aromatic N) is 1. The van der Waals surface area contributed by atoms with E-state index in [2.05, 4.69) is 27.7 Å². The number of hydrogen-bond donors (Lipinski definition) is 1. The van der Waals surface area contributed by atoms with E-state index in [-0.39, 0.29) is 42.9 Å². The second-order valence-corrected chi connectivity index (χ2v) is 15.7. The molecule has 1 heterocycles. The summed E-state index contributed by atoms with van der Waals surface area (Å²) >= 11 is 0. The van der Waals surface area contributed by atoms with Gasteiger partial charge in [-0.25, -0.2) is 0 Å². The zero-order valence-electron chi connectivity index (χ0n) is 34.4. The molecule has 2 atom stereocenters. The molecule has 2 unspecified atom stereocenters. The van der Waals surface area contributed by atoms with Crippen LogP contribution in [0.3, 0.4) is 0 Å². The largest absolute Gasteiger partial charge is 0.464 e. The quantitative estimate of drug-likeness (QED) is 0.0515. The van der Waals surface area contributed by atoms with Gasteiger partial charge in [-0.2, -0.15) is 0 Å². The fraction of sp³-hybridized carbons (Fsp3) is 0.932. The molecule has 0 aromatic rings. The van der Waals surface area contributed by atoms with E-state index in [1.807, 2.05) is 0 Å². The molecular weight excluding hydrogens is 636 g/mol. The first-order valence-corrected chi connectivity index (χ1v) is 22.4. The van der Waals surface area contributed by atoms with E-state index in [4.69, 9.17) is 9.47 Å². The Hall–Kier alpha value is -1.63. The molecule has 0 aliphatic carbocycles. The molecule has 51 heavy (non-hydrogen) atoms. The first-order valence-electron chi connectivity index (χ1n) is 22.4. The SMILES string of the molecule is CCCCCCCCC(CCCCCC)C(=O)OCCN(CCOC(=O)C(CCCCCC)CCCCCCCC)C(=O)CCC[NH+]1CCCC1. The number of nitrogens with one attached hydrogen (secondary N) is 1. The fourth-order valence-corrected chi connectivity index (χ4v) is 7.62. The number of hydrogen-bond acceptors (Lipinski definition) is 5. The minimum atomic E-state index is -0.0999. The molecule has 1 fully saturated rings. The second-order valence-electron chi connectivity index (χ2n) is 15.7. The van der Waals surface area contributed by atoms with Crippen LogP contribution in [0, 0.1) is 11.8 Å². The molecule has 1 aliphatic heterocycles. The van der Waals surface area contributed by atoms with E-state index in [9.17, 15) is 14.4 Å². The van der Waals surface area contributed by atoms with Crippen LogP contribution in [0.15, 0.2) is 0 Å². The first-order chi connectivity index (χ1) is 25.0. The number of carbonyl (C=O) groups is 3. The highest BCUT2D eigenvalue weighted by atomic mass is 16.5. The summed E-state index contributed by atoms with van der Waals surface area (Å²) in [5.74, 6) is -0.230. The van der Waals surface area contributed by atoms with Gasteiger partial charge in [0.2, 0.25) is 5.91 Å². The van der Waals surface area contributed by atoms with E-state index in [1.165, 1.54) is 116 Å². The van der Waals surface area contributed by atoms with Crippen LogP contribution in [-0.4, -0.2) is 68.7 Å². The van der Waals surface area contributed by atoms with Gasteiger partial charge in [-0.15, -0.1) is 0 Å². The highest BCUT2D eigenvalue weighted by Gasteiger charge is 2.23. The fourth-order valence-electron chi connectivity index (χ4n) is 7.62. The summed E-state index contributed by atoms with van der Waals surface area (Å²) < 4.78 is 11.8. The van der Waals surface area contributed by atoms with Gasteiger partial charge in [0.1, 0.15) is 13.2 Å². The van der Waals surface area contributed by atoms with Crippen molar-refractivity contribution in [1.82, 2.24) is 4.90 Å². The van der Waals surface area contributed by atoms with E-state index >= 15 is 0 Å². The molecule has 7 nitrogen and oxygen atoms in total. The van der Waals surface area contributed by atoms with Crippen molar-refractivity contribution >= 4 is 17.8 Å². The number of ether oxygens (including phenoxy) is 2. The average molecular weight is 722 g/mol. The van der Waals surface area contributed by atoms with Crippen molar-refractivity contribution in [2.75, 3.05) is 45.9 Å². The van der Waals surface area contributed by atoms with Crippen molar-refractivity contribution < 1.29 is 28.8 Å². The highest BCUT2D eigenvalue weighted by Crippen LogP contribution is 2.22. The van der Waals surface area contributed by atoms with Gasteiger partial charge in [-0.1, -0.05) is 156 Å². The van der Waals surface area contributed by atoms with Crippen LogP contribution in [0.5, 0.6) is 0 Å². The molecule has 0 aromatic heterocycles. The molecule has 0 aromatic carbocycles. The number of unbranched alkanes of at least 4 members (excludes halogenated alkanes) is 16. The minimum absolute atomic E-state index is 0.0533. The maximum absolute atomic E-state index is 13.5. The Morgan fingerprint density at radius 1 is 0.510 bits per heavy atom. The topological polar surface area (TPSA) is 77.3 Å². The lowest BCUT2D eigenvalue weighted by molar-refractivity contribution is -0.887. The first kappa shape index (κ1) is 47.4. The normalized spacial score (nSPS) is 14.4. The molecule has 1 saturated heterocycles. The third-order valence-corrected chi connectivity index (χ3v) is 11.1. The van der Waals surface area contributed by atoms with Gasteiger partial charge in [-0.05, 0) is 25.7 Å². The van der Waals surface area contributed by atoms with Gasteiger partial charge in [0.25, 0.3) is 0 Å². The third kappa shape index (κ3) is 25.9. The summed E-state index contributed by atoms with van der Waals surface area (Å²) in [4.78, 5) is 43.5. The van der Waals surface area contributed by atoms with Gasteiger partial charge in [0.15, 0.2) is 0 Å². The molecule has 0 spiro atoms. The summed E-state index contributed by atoms with van der Waals surface area (Å²) in [5, 5.41) is 0. The summed E-state index contributed by atoms with van der Waals surface area (Å²) in [6, 6.07) is 0. The van der Waals surface area contributed by atoms with Gasteiger partial charge in [0.05, 0.1) is 44.6 Å². The van der Waals surface area contributed by atoms with Crippen molar-refractivity contribution in [2.45, 2.75) is 207 Å². The van der Waals surface area contributed by atoms with Crippen LogP contribution in [-0.2, 0) is 23.9 Å². The Kier molecular flexibility index (Phi) is 31.7. The molecule has 0 radical (unpaired) electrons. The lowest BCUT2D eigenvalue weighted by atomic mass is 9.94. The van der Waals surface area contributed by atoms with Crippen molar-refractivity contribution in [2.24, 2.45) is 11.8 Å². The summed E-state index contributed by atoms with van der Waals surface area (Å²) in [5.41, 5.74) is 0. The van der Waals surface area contributed by atoms with Crippen LogP contribution in [0.4, 0.5) is 0 Å². The Morgan fingerprint density at radius 3 is 1.25 bits per heavy atom. The Morgan fingerprint density at radius 2 is 0.863 bits per heavy atom. The van der Waals surface area contributed by atoms with E-state index in [0.717, 1.165) is 77.2 Å². The number of likely N-dealkylation sites (tertiary alicyclic amines) is 1. The smallest absolute Gasteiger partial charge is 0.308 e. The van der Waals surface area contributed by atoms with Crippen LogP contribution < -0.4 is 4.90 Å². The lowest BCUT2D eigenvalue weighted by Crippen LogP contribution is -3.10. The third-order valence-electron chi connectivity index (χ3n) is 11.1. The summed E-state index contributed by atoms with van der Waals surface area (Å²) in [7, 11) is 0. The second kappa shape index (κ2) is 34.2. The van der Waals surface area contributed by atoms with Crippen molar-refractivity contribution in [1.29, 1.82) is 0 Å². The Balaban J connectivity index is 2.73. The maximum Gasteiger partial charge on any atom is 0.308 e. The molecule has 1 aliphatic rings. The van der Waals surface area contributed by atoms with Crippen molar-refractivity contribution in [3.63, 3.8) is 0 Å². The monoisotopic (exact) mass is 722 g/mol. The summed E-state index contributed by atoms with van der Waals surface area (Å²) in [6.07, 6.45) is 31.3. The van der Waals surface area contributed by atoms with Crippen molar-refractivity contribution in [3.8, 4) is 0 Å². The van der Waals surface area contributed by atoms with Gasteiger partial charge < -0.3 is 19.3 Å². The number of carbonyl (C=O) groups excluding carboxylic acids is 3. The predicted molar refractivity (Wildman–Crippen MR) is 213 cm³/mol. The van der Waals surface area contributed by atoms with Gasteiger partial charge >= 0.3 is 11.9 Å². The Labute approximate surface area is 316 Å². The Bertz CT molecular complexity index is 780. The molecule has 0 saturated carbocycles. The van der Waals surface area contributed by atoms with Gasteiger partial charge in [0, 0.05) is 25.7 Å². The number of rotatable bonds is 36. The predicted octanol–water partition coefficient (Wildman–Crippen LogP) is 10.0. The number of quaternary nitrogens is 1. The molecule has 1 amide bonds. The standard InChI is InChI=1S/C44H84N2O5/c1-5-9-13-17-19-23-30-40(28-21-15-11-7-3)43(48)50-38-36-46(42(47)32-27-35-45-33-25-26-34-45)37-39-51-44(49)41(29-22-16-12-8-4)31-24-20-18-14-10-6-2/h40-41H,5-39H2,1-4H3/p+1. The van der Waals surface area contributed by atoms with Crippen LogP contribution in [0.25, 0.3) is 0 Å². The molecular formula is C44H85N2O5+. The minimum Gasteiger partial charge on any atom is -0.464 e. The molecule has 1 N–H and O–H groups in total. The molecule has 300 valence electrons. The highest BCUT2D eigenvalue weighted by molar-refractivity contribution is 5.76. The van der Waals surface area contributed by atoms with Crippen LogP contribution in [0.2, 0.25) is 0 Å². The lowest BCUT2D eigenvalue weighted by Gasteiger charge is -2.24. The van der Waals surface area contributed by atoms with Gasteiger partial charge in [-0.3, -0.25) is 14.4 Å².